The molecule has 0 spiro atoms. The Morgan fingerprint density at radius 3 is 2.46 bits per heavy atom. The van der Waals surface area contributed by atoms with Crippen LogP contribution in [0.3, 0.4) is 0 Å². The van der Waals surface area contributed by atoms with E-state index in [0.717, 1.165) is 31.1 Å². The van der Waals surface area contributed by atoms with Crippen molar-refractivity contribution >= 4 is 0 Å². The first kappa shape index (κ1) is 19.8. The molecule has 0 amide bonds. The van der Waals surface area contributed by atoms with Crippen LogP contribution in [0.25, 0.3) is 0 Å². The van der Waals surface area contributed by atoms with E-state index in [-0.39, 0.29) is 17.9 Å². The summed E-state index contributed by atoms with van der Waals surface area (Å²) in [6.45, 7) is 6.57. The fourth-order valence-corrected chi connectivity index (χ4v) is 9.50. The zero-order valence-corrected chi connectivity index (χ0v) is 18.1. The monoisotopic (exact) mass is 392 g/mol. The minimum Gasteiger partial charge on any atom is -0.396 e. The van der Waals surface area contributed by atoms with Crippen LogP contribution in [-0.4, -0.2) is 46.8 Å². The van der Waals surface area contributed by atoms with Crippen LogP contribution in [0.4, 0.5) is 0 Å². The maximum Gasteiger partial charge on any atom is 0.101 e. The second kappa shape index (κ2) is 6.18. The van der Waals surface area contributed by atoms with Gasteiger partial charge < -0.3 is 20.1 Å². The quantitative estimate of drug-likeness (QED) is 0.690. The van der Waals surface area contributed by atoms with Gasteiger partial charge in [-0.05, 0) is 85.9 Å². The lowest BCUT2D eigenvalue weighted by Crippen LogP contribution is -2.62. The van der Waals surface area contributed by atoms with E-state index >= 15 is 0 Å². The first-order valence-electron chi connectivity index (χ1n) is 11.8. The Morgan fingerprint density at radius 2 is 1.79 bits per heavy atom. The highest BCUT2D eigenvalue weighted by Crippen LogP contribution is 2.72. The Balaban J connectivity index is 1.52. The fraction of sp³-hybridized carbons (Fsp3) is 1.00. The molecule has 0 aromatic heterocycles. The van der Waals surface area contributed by atoms with Crippen molar-refractivity contribution in [2.45, 2.75) is 83.5 Å². The molecule has 5 fully saturated rings. The van der Waals surface area contributed by atoms with Crippen LogP contribution in [0.2, 0.25) is 0 Å². The molecule has 5 unspecified atom stereocenters. The lowest BCUT2D eigenvalue weighted by molar-refractivity contribution is -0.209. The van der Waals surface area contributed by atoms with Crippen LogP contribution in [0.1, 0.15) is 65.7 Å². The van der Waals surface area contributed by atoms with Crippen molar-refractivity contribution in [2.75, 3.05) is 13.7 Å². The van der Waals surface area contributed by atoms with Gasteiger partial charge in [0, 0.05) is 25.0 Å². The SMILES string of the molecule is CO[C@@H]1CC2C(CC[C@@]3(C)C2C[C@H](O)[C@]3(O)[C@H](C)CO)[C@@]2(C)CCC3C[C@H]3C12. The smallest absolute Gasteiger partial charge is 0.101 e. The van der Waals surface area contributed by atoms with Gasteiger partial charge in [-0.3, -0.25) is 0 Å². The average molecular weight is 393 g/mol. The molecular weight excluding hydrogens is 352 g/mol. The molecule has 3 N–H and O–H groups in total. The Kier molecular flexibility index (Phi) is 4.37. The summed E-state index contributed by atoms with van der Waals surface area (Å²) in [6.07, 6.45) is 7.56. The van der Waals surface area contributed by atoms with E-state index in [1.165, 1.54) is 19.3 Å². The molecule has 28 heavy (non-hydrogen) atoms. The summed E-state index contributed by atoms with van der Waals surface area (Å²) in [6, 6.07) is 0. The fourth-order valence-electron chi connectivity index (χ4n) is 9.50. The molecule has 0 heterocycles. The third-order valence-electron chi connectivity index (χ3n) is 11.1. The number of aliphatic hydroxyl groups is 3. The van der Waals surface area contributed by atoms with Crippen LogP contribution < -0.4 is 0 Å². The number of hydrogen-bond donors (Lipinski definition) is 3. The van der Waals surface area contributed by atoms with Gasteiger partial charge in [-0.15, -0.1) is 0 Å². The average Bonchev–Trinajstić information content (AvgIpc) is 3.43. The van der Waals surface area contributed by atoms with Crippen molar-refractivity contribution in [2.24, 2.45) is 52.3 Å². The van der Waals surface area contributed by atoms with Crippen LogP contribution >= 0.6 is 0 Å². The van der Waals surface area contributed by atoms with Crippen LogP contribution in [0.5, 0.6) is 0 Å². The maximum atomic E-state index is 11.7. The number of fused-ring (bicyclic) bond motifs is 7. The van der Waals surface area contributed by atoms with Crippen molar-refractivity contribution in [1.82, 2.24) is 0 Å². The minimum atomic E-state index is -1.19. The Bertz CT molecular complexity index is 638. The summed E-state index contributed by atoms with van der Waals surface area (Å²) < 4.78 is 6.14. The van der Waals surface area contributed by atoms with E-state index in [2.05, 4.69) is 13.8 Å². The predicted molar refractivity (Wildman–Crippen MR) is 107 cm³/mol. The van der Waals surface area contributed by atoms with E-state index in [9.17, 15) is 15.3 Å². The molecule has 0 saturated heterocycles. The molecule has 5 saturated carbocycles. The third-order valence-corrected chi connectivity index (χ3v) is 11.1. The Morgan fingerprint density at radius 1 is 1.04 bits per heavy atom. The first-order chi connectivity index (χ1) is 13.2. The number of rotatable bonds is 3. The zero-order valence-electron chi connectivity index (χ0n) is 18.1. The van der Waals surface area contributed by atoms with Gasteiger partial charge >= 0.3 is 0 Å². The lowest BCUT2D eigenvalue weighted by Gasteiger charge is -2.63. The maximum absolute atomic E-state index is 11.7. The molecule has 0 aromatic rings. The van der Waals surface area contributed by atoms with E-state index in [0.29, 0.717) is 41.6 Å². The number of ether oxygens (including phenoxy) is 1. The Labute approximate surface area is 170 Å². The number of methoxy groups -OCH3 is 1. The van der Waals surface area contributed by atoms with Crippen molar-refractivity contribution in [3.63, 3.8) is 0 Å². The lowest BCUT2D eigenvalue weighted by atomic mass is 9.43. The molecule has 12 atom stereocenters. The Hall–Kier alpha value is -0.160. The molecule has 0 aliphatic heterocycles. The summed E-state index contributed by atoms with van der Waals surface area (Å²) in [5.74, 6) is 3.72. The summed E-state index contributed by atoms with van der Waals surface area (Å²) in [5, 5.41) is 32.5. The van der Waals surface area contributed by atoms with Crippen LogP contribution in [0.15, 0.2) is 0 Å². The third kappa shape index (κ3) is 2.22. The van der Waals surface area contributed by atoms with E-state index < -0.39 is 11.7 Å². The summed E-state index contributed by atoms with van der Waals surface area (Å²) in [7, 11) is 1.90. The van der Waals surface area contributed by atoms with Crippen LogP contribution in [-0.2, 0) is 4.74 Å². The highest BCUT2D eigenvalue weighted by atomic mass is 16.5. The molecule has 160 valence electrons. The second-order valence-electron chi connectivity index (χ2n) is 11.7. The summed E-state index contributed by atoms with van der Waals surface area (Å²) in [4.78, 5) is 0. The zero-order chi connectivity index (χ0) is 20.1. The minimum absolute atomic E-state index is 0.0759. The van der Waals surface area contributed by atoms with Gasteiger partial charge in [0.25, 0.3) is 0 Å². The van der Waals surface area contributed by atoms with Gasteiger partial charge in [0.05, 0.1) is 12.2 Å². The molecule has 0 radical (unpaired) electrons. The van der Waals surface area contributed by atoms with Crippen molar-refractivity contribution in [1.29, 1.82) is 0 Å². The molecule has 5 rings (SSSR count). The van der Waals surface area contributed by atoms with E-state index in [1.807, 2.05) is 14.0 Å². The second-order valence-corrected chi connectivity index (χ2v) is 11.7. The highest BCUT2D eigenvalue weighted by Gasteiger charge is 2.71. The molecule has 5 aliphatic rings. The number of hydrogen-bond acceptors (Lipinski definition) is 4. The van der Waals surface area contributed by atoms with Gasteiger partial charge in [0.1, 0.15) is 5.60 Å². The normalized spacial score (nSPS) is 61.0. The van der Waals surface area contributed by atoms with Crippen molar-refractivity contribution in [3.05, 3.63) is 0 Å². The van der Waals surface area contributed by atoms with Gasteiger partial charge in [0.2, 0.25) is 0 Å². The predicted octanol–water partition coefficient (Wildman–Crippen LogP) is 3.23. The molecule has 0 bridgehead atoms. The molecular formula is C24H40O4. The van der Waals surface area contributed by atoms with Crippen molar-refractivity contribution < 1.29 is 20.1 Å². The highest BCUT2D eigenvalue weighted by molar-refractivity contribution is 5.20. The molecule has 4 nitrogen and oxygen atoms in total. The largest absolute Gasteiger partial charge is 0.396 e. The van der Waals surface area contributed by atoms with E-state index in [1.54, 1.807) is 0 Å². The van der Waals surface area contributed by atoms with Gasteiger partial charge in [-0.25, -0.2) is 0 Å². The van der Waals surface area contributed by atoms with Gasteiger partial charge in [-0.2, -0.15) is 0 Å². The summed E-state index contributed by atoms with van der Waals surface area (Å²) in [5.41, 5.74) is -1.17. The molecule has 0 aromatic carbocycles. The number of aliphatic hydroxyl groups excluding tert-OH is 2. The molecule has 4 heteroatoms. The summed E-state index contributed by atoms with van der Waals surface area (Å²) >= 11 is 0. The molecule has 5 aliphatic carbocycles. The standard InChI is InChI=1S/C24H40O4/c1-13(12-25)24(27)20(26)11-18-16-10-19(28-4)21-15-9-14(15)5-7-22(21,2)17(16)6-8-23(18,24)3/h13-21,25-27H,5-12H2,1-4H3/t13-,14?,15-,16?,17?,18?,19-,20+,21?,22-,23+,24-/m1/s1. The van der Waals surface area contributed by atoms with Gasteiger partial charge in [0.15, 0.2) is 0 Å². The first-order valence-corrected chi connectivity index (χ1v) is 11.8. The van der Waals surface area contributed by atoms with Crippen LogP contribution in [0, 0.1) is 52.3 Å². The van der Waals surface area contributed by atoms with E-state index in [4.69, 9.17) is 4.74 Å². The topological polar surface area (TPSA) is 69.9 Å². The van der Waals surface area contributed by atoms with Crippen molar-refractivity contribution in [3.8, 4) is 0 Å². The van der Waals surface area contributed by atoms with Gasteiger partial charge in [-0.1, -0.05) is 20.8 Å².